The van der Waals surface area contributed by atoms with Gasteiger partial charge in [0.15, 0.2) is 0 Å². The van der Waals surface area contributed by atoms with Crippen LogP contribution in [0.5, 0.6) is 0 Å². The summed E-state index contributed by atoms with van der Waals surface area (Å²) in [4.78, 5) is 15.9. The van der Waals surface area contributed by atoms with E-state index in [-0.39, 0.29) is 5.91 Å². The lowest BCUT2D eigenvalue weighted by Gasteiger charge is -2.22. The molecule has 1 amide bonds. The largest absolute Gasteiger partial charge is 0.331 e. The maximum absolute atomic E-state index is 12.6. The highest BCUT2D eigenvalue weighted by atomic mass is 79.9. The van der Waals surface area contributed by atoms with Crippen molar-refractivity contribution in [3.05, 3.63) is 56.7 Å². The van der Waals surface area contributed by atoms with Gasteiger partial charge in [0.1, 0.15) is 0 Å². The van der Waals surface area contributed by atoms with Gasteiger partial charge in [0.2, 0.25) is 0 Å². The smallest absolute Gasteiger partial charge is 0.254 e. The van der Waals surface area contributed by atoms with E-state index in [2.05, 4.69) is 27.4 Å². The number of nitrogens with zero attached hydrogens (tertiary/aromatic N) is 1. The van der Waals surface area contributed by atoms with Crippen molar-refractivity contribution in [2.45, 2.75) is 25.4 Å². The number of thiophene rings is 1. The fourth-order valence-corrected chi connectivity index (χ4v) is 3.21. The molecule has 19 heavy (non-hydrogen) atoms. The monoisotopic (exact) mass is 335 g/mol. The third-order valence-electron chi connectivity index (χ3n) is 3.23. The maximum atomic E-state index is 12.6. The molecule has 0 radical (unpaired) electrons. The first-order valence-corrected chi connectivity index (χ1v) is 8.00. The molecule has 3 rings (SSSR count). The van der Waals surface area contributed by atoms with Gasteiger partial charge in [0, 0.05) is 21.0 Å². The van der Waals surface area contributed by atoms with Gasteiger partial charge in [0.05, 0.1) is 6.54 Å². The molecule has 0 aliphatic heterocycles. The zero-order chi connectivity index (χ0) is 13.2. The molecule has 0 saturated heterocycles. The molecule has 1 aliphatic carbocycles. The summed E-state index contributed by atoms with van der Waals surface area (Å²) in [6, 6.07) is 12.2. The summed E-state index contributed by atoms with van der Waals surface area (Å²) in [5.41, 5.74) is 0.762. The van der Waals surface area contributed by atoms with Crippen LogP contribution in [0.1, 0.15) is 28.1 Å². The van der Waals surface area contributed by atoms with Gasteiger partial charge in [-0.25, -0.2) is 0 Å². The molecule has 98 valence electrons. The summed E-state index contributed by atoms with van der Waals surface area (Å²) in [6.45, 7) is 0.730. The van der Waals surface area contributed by atoms with Crippen molar-refractivity contribution in [3.63, 3.8) is 0 Å². The molecule has 1 saturated carbocycles. The Hall–Kier alpha value is -1.13. The normalized spacial score (nSPS) is 14.4. The van der Waals surface area contributed by atoms with E-state index in [1.807, 2.05) is 35.2 Å². The Kier molecular flexibility index (Phi) is 3.71. The van der Waals surface area contributed by atoms with Crippen molar-refractivity contribution in [1.29, 1.82) is 0 Å². The van der Waals surface area contributed by atoms with Crippen LogP contribution in [0.15, 0.2) is 46.3 Å². The third-order valence-corrected chi connectivity index (χ3v) is 4.58. The summed E-state index contributed by atoms with van der Waals surface area (Å²) in [7, 11) is 0. The van der Waals surface area contributed by atoms with E-state index in [9.17, 15) is 4.79 Å². The number of rotatable bonds is 4. The van der Waals surface area contributed by atoms with E-state index < -0.39 is 0 Å². The van der Waals surface area contributed by atoms with Crippen LogP contribution in [0.2, 0.25) is 0 Å². The highest BCUT2D eigenvalue weighted by Gasteiger charge is 2.33. The number of carbonyl (C=O) groups is 1. The molecule has 1 fully saturated rings. The Bertz CT molecular complexity index is 578. The molecule has 1 heterocycles. The molecule has 2 nitrogen and oxygen atoms in total. The molecule has 2 aromatic rings. The summed E-state index contributed by atoms with van der Waals surface area (Å²) in [6.07, 6.45) is 2.26. The molecule has 0 unspecified atom stereocenters. The predicted molar refractivity (Wildman–Crippen MR) is 81.4 cm³/mol. The average molecular weight is 336 g/mol. The standard InChI is InChI=1S/C15H14BrNOS/c16-12-4-1-3-11(9-12)15(18)17(13-6-7-13)10-14-5-2-8-19-14/h1-5,8-9,13H,6-7,10H2. The van der Waals surface area contributed by atoms with Gasteiger partial charge < -0.3 is 4.90 Å². The molecule has 0 spiro atoms. The van der Waals surface area contributed by atoms with Crippen molar-refractivity contribution in [2.75, 3.05) is 0 Å². The quantitative estimate of drug-likeness (QED) is 0.814. The third kappa shape index (κ3) is 3.07. The van der Waals surface area contributed by atoms with Gasteiger partial charge >= 0.3 is 0 Å². The van der Waals surface area contributed by atoms with E-state index in [1.165, 1.54) is 4.88 Å². The molecule has 1 aromatic heterocycles. The number of benzene rings is 1. The van der Waals surface area contributed by atoms with Crippen LogP contribution in [0.4, 0.5) is 0 Å². The van der Waals surface area contributed by atoms with Crippen LogP contribution in [-0.2, 0) is 6.54 Å². The minimum absolute atomic E-state index is 0.136. The van der Waals surface area contributed by atoms with E-state index in [1.54, 1.807) is 11.3 Å². The van der Waals surface area contributed by atoms with Crippen LogP contribution >= 0.6 is 27.3 Å². The second-order valence-electron chi connectivity index (χ2n) is 4.75. The van der Waals surface area contributed by atoms with Crippen LogP contribution in [-0.4, -0.2) is 16.8 Å². The number of carbonyl (C=O) groups excluding carboxylic acids is 1. The minimum Gasteiger partial charge on any atom is -0.331 e. The first-order valence-electron chi connectivity index (χ1n) is 6.33. The fourth-order valence-electron chi connectivity index (χ4n) is 2.11. The zero-order valence-electron chi connectivity index (χ0n) is 10.4. The van der Waals surface area contributed by atoms with Crippen molar-refractivity contribution < 1.29 is 4.79 Å². The lowest BCUT2D eigenvalue weighted by atomic mass is 10.2. The van der Waals surface area contributed by atoms with Gasteiger partial charge in [-0.3, -0.25) is 4.79 Å². The Labute approximate surface area is 125 Å². The van der Waals surface area contributed by atoms with Gasteiger partial charge in [-0.05, 0) is 42.5 Å². The molecule has 0 bridgehead atoms. The molecule has 1 aliphatic rings. The van der Waals surface area contributed by atoms with Gasteiger partial charge in [-0.15, -0.1) is 11.3 Å². The molecule has 0 atom stereocenters. The summed E-state index contributed by atoms with van der Waals surface area (Å²) in [5.74, 6) is 0.136. The van der Waals surface area contributed by atoms with Crippen LogP contribution in [0.3, 0.4) is 0 Å². The molecule has 1 aromatic carbocycles. The molecular weight excluding hydrogens is 322 g/mol. The van der Waals surface area contributed by atoms with Gasteiger partial charge in [-0.2, -0.15) is 0 Å². The SMILES string of the molecule is O=C(c1cccc(Br)c1)N(Cc1cccs1)C1CC1. The molecular formula is C15H14BrNOS. The fraction of sp³-hybridized carbons (Fsp3) is 0.267. The molecule has 0 N–H and O–H groups in total. The zero-order valence-corrected chi connectivity index (χ0v) is 12.8. The Morgan fingerprint density at radius 1 is 1.32 bits per heavy atom. The molecule has 4 heteroatoms. The van der Waals surface area contributed by atoms with E-state index in [4.69, 9.17) is 0 Å². The highest BCUT2D eigenvalue weighted by molar-refractivity contribution is 9.10. The first kappa shape index (κ1) is 12.9. The van der Waals surface area contributed by atoms with E-state index in [0.717, 1.165) is 29.4 Å². The van der Waals surface area contributed by atoms with Crippen LogP contribution in [0.25, 0.3) is 0 Å². The van der Waals surface area contributed by atoms with Crippen LogP contribution < -0.4 is 0 Å². The Balaban J connectivity index is 1.82. The topological polar surface area (TPSA) is 20.3 Å². The lowest BCUT2D eigenvalue weighted by molar-refractivity contribution is 0.0731. The lowest BCUT2D eigenvalue weighted by Crippen LogP contribution is -2.32. The highest BCUT2D eigenvalue weighted by Crippen LogP contribution is 2.30. The second kappa shape index (κ2) is 5.47. The van der Waals surface area contributed by atoms with Crippen molar-refractivity contribution in [1.82, 2.24) is 4.90 Å². The Morgan fingerprint density at radius 2 is 2.16 bits per heavy atom. The van der Waals surface area contributed by atoms with Crippen molar-refractivity contribution in [2.24, 2.45) is 0 Å². The number of halogens is 1. The number of hydrogen-bond donors (Lipinski definition) is 0. The average Bonchev–Trinajstić information content (AvgIpc) is 3.12. The van der Waals surface area contributed by atoms with Crippen molar-refractivity contribution in [3.8, 4) is 0 Å². The van der Waals surface area contributed by atoms with Gasteiger partial charge in [0.25, 0.3) is 5.91 Å². The van der Waals surface area contributed by atoms with E-state index >= 15 is 0 Å². The predicted octanol–water partition coefficient (Wildman–Crippen LogP) is 4.32. The summed E-state index contributed by atoms with van der Waals surface area (Å²) in [5, 5.41) is 2.06. The van der Waals surface area contributed by atoms with Gasteiger partial charge in [-0.1, -0.05) is 28.1 Å². The maximum Gasteiger partial charge on any atom is 0.254 e. The number of hydrogen-bond acceptors (Lipinski definition) is 2. The minimum atomic E-state index is 0.136. The number of amides is 1. The van der Waals surface area contributed by atoms with E-state index in [0.29, 0.717) is 6.04 Å². The summed E-state index contributed by atoms with van der Waals surface area (Å²) >= 11 is 5.13. The first-order chi connectivity index (χ1) is 9.24. The van der Waals surface area contributed by atoms with Crippen LogP contribution in [0, 0.1) is 0 Å². The van der Waals surface area contributed by atoms with Crippen molar-refractivity contribution >= 4 is 33.2 Å². The second-order valence-corrected chi connectivity index (χ2v) is 6.70. The Morgan fingerprint density at radius 3 is 2.79 bits per heavy atom. The summed E-state index contributed by atoms with van der Waals surface area (Å²) < 4.78 is 0.949.